The third-order valence-corrected chi connectivity index (χ3v) is 4.46. The standard InChI is InChI=1S/C22H36O/c1-2-3-4-5-6-7-8-9-10-11-12-13-14-15-18-21-19-16-17-20-22(21)23/h15-20,23H,2-14H2,1H3. The molecule has 0 spiro atoms. The summed E-state index contributed by atoms with van der Waals surface area (Å²) in [4.78, 5) is 0. The van der Waals surface area contributed by atoms with Gasteiger partial charge in [0.1, 0.15) is 5.75 Å². The van der Waals surface area contributed by atoms with Crippen molar-refractivity contribution in [2.24, 2.45) is 0 Å². The van der Waals surface area contributed by atoms with Crippen LogP contribution in [-0.2, 0) is 0 Å². The van der Waals surface area contributed by atoms with Gasteiger partial charge >= 0.3 is 0 Å². The Balaban J connectivity index is 1.86. The summed E-state index contributed by atoms with van der Waals surface area (Å²) in [5.74, 6) is 0.374. The molecule has 0 aliphatic heterocycles. The molecule has 0 saturated heterocycles. The van der Waals surface area contributed by atoms with E-state index in [0.717, 1.165) is 12.0 Å². The topological polar surface area (TPSA) is 20.2 Å². The quantitative estimate of drug-likeness (QED) is 0.352. The van der Waals surface area contributed by atoms with Gasteiger partial charge in [0.15, 0.2) is 0 Å². The minimum atomic E-state index is 0.374. The number of para-hydroxylation sites is 1. The molecular formula is C22H36O. The van der Waals surface area contributed by atoms with E-state index in [1.165, 1.54) is 77.0 Å². The van der Waals surface area contributed by atoms with Gasteiger partial charge < -0.3 is 5.11 Å². The molecule has 23 heavy (non-hydrogen) atoms. The van der Waals surface area contributed by atoms with Crippen LogP contribution in [0.1, 0.15) is 96.0 Å². The number of hydrogen-bond donors (Lipinski definition) is 1. The van der Waals surface area contributed by atoms with Gasteiger partial charge in [0.2, 0.25) is 0 Å². The zero-order valence-electron chi connectivity index (χ0n) is 15.1. The highest BCUT2D eigenvalue weighted by molar-refractivity contribution is 5.56. The van der Waals surface area contributed by atoms with Crippen molar-refractivity contribution in [3.63, 3.8) is 0 Å². The summed E-state index contributed by atoms with van der Waals surface area (Å²) in [5.41, 5.74) is 0.923. The molecule has 0 saturated carbocycles. The van der Waals surface area contributed by atoms with Gasteiger partial charge in [-0.15, -0.1) is 0 Å². The van der Waals surface area contributed by atoms with Gasteiger partial charge in [0, 0.05) is 5.56 Å². The minimum absolute atomic E-state index is 0.374. The molecule has 1 rings (SSSR count). The maximum atomic E-state index is 9.66. The number of aromatic hydroxyl groups is 1. The third kappa shape index (κ3) is 11.0. The first-order valence-corrected chi connectivity index (χ1v) is 9.79. The molecule has 1 aromatic carbocycles. The van der Waals surface area contributed by atoms with Crippen molar-refractivity contribution in [3.8, 4) is 5.75 Å². The monoisotopic (exact) mass is 316 g/mol. The van der Waals surface area contributed by atoms with E-state index >= 15 is 0 Å². The summed E-state index contributed by atoms with van der Waals surface area (Å²) in [7, 11) is 0. The second-order valence-corrected chi connectivity index (χ2v) is 6.64. The van der Waals surface area contributed by atoms with Gasteiger partial charge in [0.05, 0.1) is 0 Å². The zero-order valence-corrected chi connectivity index (χ0v) is 15.1. The Bertz CT molecular complexity index is 408. The number of rotatable bonds is 14. The Kier molecular flexibility index (Phi) is 12.4. The van der Waals surface area contributed by atoms with E-state index in [1.807, 2.05) is 24.3 Å². The molecule has 1 N–H and O–H groups in total. The third-order valence-electron chi connectivity index (χ3n) is 4.46. The highest BCUT2D eigenvalue weighted by atomic mass is 16.3. The van der Waals surface area contributed by atoms with E-state index in [2.05, 4.69) is 13.0 Å². The average molecular weight is 317 g/mol. The van der Waals surface area contributed by atoms with Gasteiger partial charge in [-0.25, -0.2) is 0 Å². The van der Waals surface area contributed by atoms with Crippen molar-refractivity contribution < 1.29 is 5.11 Å². The highest BCUT2D eigenvalue weighted by Crippen LogP contribution is 2.18. The fourth-order valence-corrected chi connectivity index (χ4v) is 2.94. The molecule has 0 unspecified atom stereocenters. The molecule has 1 heteroatoms. The molecule has 0 fully saturated rings. The summed E-state index contributed by atoms with van der Waals surface area (Å²) < 4.78 is 0. The fourth-order valence-electron chi connectivity index (χ4n) is 2.94. The van der Waals surface area contributed by atoms with Crippen LogP contribution in [0.25, 0.3) is 6.08 Å². The number of phenols is 1. The first-order valence-electron chi connectivity index (χ1n) is 9.79. The number of phenolic OH excluding ortho intramolecular Hbond substituents is 1. The van der Waals surface area contributed by atoms with Crippen LogP contribution in [0.15, 0.2) is 30.3 Å². The number of hydrogen-bond acceptors (Lipinski definition) is 1. The molecule has 130 valence electrons. The normalized spacial score (nSPS) is 11.3. The molecule has 0 aliphatic carbocycles. The lowest BCUT2D eigenvalue weighted by atomic mass is 10.0. The van der Waals surface area contributed by atoms with Crippen LogP contribution in [0.3, 0.4) is 0 Å². The molecule has 0 heterocycles. The van der Waals surface area contributed by atoms with Crippen LogP contribution in [0.4, 0.5) is 0 Å². The SMILES string of the molecule is CCCCCCCCCCCCCCC=Cc1ccccc1O. The Hall–Kier alpha value is -1.24. The second-order valence-electron chi connectivity index (χ2n) is 6.64. The Morgan fingerprint density at radius 1 is 0.739 bits per heavy atom. The molecule has 0 atom stereocenters. The summed E-state index contributed by atoms with van der Waals surface area (Å²) in [5, 5.41) is 9.66. The summed E-state index contributed by atoms with van der Waals surface area (Å²) >= 11 is 0. The van der Waals surface area contributed by atoms with Crippen LogP contribution in [0.5, 0.6) is 5.75 Å². The second kappa shape index (κ2) is 14.4. The fraction of sp³-hybridized carbons (Fsp3) is 0.636. The van der Waals surface area contributed by atoms with E-state index in [0.29, 0.717) is 5.75 Å². The highest BCUT2D eigenvalue weighted by Gasteiger charge is 1.94. The van der Waals surface area contributed by atoms with Crippen molar-refractivity contribution in [2.75, 3.05) is 0 Å². The van der Waals surface area contributed by atoms with Crippen LogP contribution < -0.4 is 0 Å². The van der Waals surface area contributed by atoms with E-state index < -0.39 is 0 Å². The van der Waals surface area contributed by atoms with Crippen molar-refractivity contribution in [3.05, 3.63) is 35.9 Å². The lowest BCUT2D eigenvalue weighted by Gasteiger charge is -2.02. The minimum Gasteiger partial charge on any atom is -0.507 e. The van der Waals surface area contributed by atoms with Crippen LogP contribution in [0, 0.1) is 0 Å². The predicted molar refractivity (Wildman–Crippen MR) is 103 cm³/mol. The number of unbranched alkanes of at least 4 members (excludes halogenated alkanes) is 12. The molecule has 0 amide bonds. The van der Waals surface area contributed by atoms with E-state index in [-0.39, 0.29) is 0 Å². The van der Waals surface area contributed by atoms with Crippen molar-refractivity contribution >= 4 is 6.08 Å². The van der Waals surface area contributed by atoms with Gasteiger partial charge in [-0.2, -0.15) is 0 Å². The van der Waals surface area contributed by atoms with Gasteiger partial charge in [-0.3, -0.25) is 0 Å². The molecule has 0 aliphatic rings. The molecular weight excluding hydrogens is 280 g/mol. The van der Waals surface area contributed by atoms with Gasteiger partial charge in [-0.1, -0.05) is 108 Å². The first-order chi connectivity index (χ1) is 11.3. The van der Waals surface area contributed by atoms with Crippen LogP contribution in [-0.4, -0.2) is 5.11 Å². The summed E-state index contributed by atoms with van der Waals surface area (Å²) in [6, 6.07) is 7.51. The average Bonchev–Trinajstić information content (AvgIpc) is 2.57. The van der Waals surface area contributed by atoms with E-state index in [1.54, 1.807) is 6.07 Å². The molecule has 1 aromatic rings. The molecule has 0 aromatic heterocycles. The zero-order chi connectivity index (χ0) is 16.6. The number of benzene rings is 1. The smallest absolute Gasteiger partial charge is 0.122 e. The molecule has 0 radical (unpaired) electrons. The maximum absolute atomic E-state index is 9.66. The summed E-state index contributed by atoms with van der Waals surface area (Å²) in [6.45, 7) is 2.28. The van der Waals surface area contributed by atoms with Crippen LogP contribution in [0.2, 0.25) is 0 Å². The maximum Gasteiger partial charge on any atom is 0.122 e. The first kappa shape index (κ1) is 19.8. The lowest BCUT2D eigenvalue weighted by molar-refractivity contribution is 0.474. The van der Waals surface area contributed by atoms with Gasteiger partial charge in [0.25, 0.3) is 0 Å². The predicted octanol–water partition coefficient (Wildman–Crippen LogP) is 7.50. The van der Waals surface area contributed by atoms with Crippen LogP contribution >= 0.6 is 0 Å². The Morgan fingerprint density at radius 3 is 1.83 bits per heavy atom. The molecule has 1 nitrogen and oxygen atoms in total. The Morgan fingerprint density at radius 2 is 1.26 bits per heavy atom. The summed E-state index contributed by atoms with van der Waals surface area (Å²) in [6.07, 6.45) is 22.1. The molecule has 0 bridgehead atoms. The van der Waals surface area contributed by atoms with Crippen molar-refractivity contribution in [1.82, 2.24) is 0 Å². The lowest BCUT2D eigenvalue weighted by Crippen LogP contribution is -1.82. The Labute approximate surface area is 143 Å². The van der Waals surface area contributed by atoms with E-state index in [4.69, 9.17) is 0 Å². The largest absolute Gasteiger partial charge is 0.507 e. The van der Waals surface area contributed by atoms with Crippen molar-refractivity contribution in [2.45, 2.75) is 90.4 Å². The van der Waals surface area contributed by atoms with E-state index in [9.17, 15) is 5.11 Å². The van der Waals surface area contributed by atoms with Gasteiger partial charge in [-0.05, 0) is 18.9 Å². The number of allylic oxidation sites excluding steroid dienone is 1. The van der Waals surface area contributed by atoms with Crippen molar-refractivity contribution in [1.29, 1.82) is 0 Å².